The van der Waals surface area contributed by atoms with Gasteiger partial charge in [0.1, 0.15) is 12.4 Å². The van der Waals surface area contributed by atoms with E-state index in [1.54, 1.807) is 18.2 Å². The van der Waals surface area contributed by atoms with Crippen molar-refractivity contribution < 1.29 is 22.3 Å². The van der Waals surface area contributed by atoms with Crippen molar-refractivity contribution in [1.82, 2.24) is 10.2 Å². The molecule has 0 atom stereocenters. The molecule has 3 rings (SSSR count). The van der Waals surface area contributed by atoms with E-state index in [1.807, 2.05) is 0 Å². The van der Waals surface area contributed by atoms with Crippen LogP contribution in [-0.2, 0) is 19.6 Å². The maximum atomic E-state index is 13.3. The highest BCUT2D eigenvalue weighted by atomic mass is 32.2. The van der Waals surface area contributed by atoms with Crippen LogP contribution < -0.4 is 9.62 Å². The van der Waals surface area contributed by atoms with Crippen LogP contribution in [0.4, 0.5) is 10.1 Å². The van der Waals surface area contributed by atoms with E-state index in [-0.39, 0.29) is 10.6 Å². The van der Waals surface area contributed by atoms with E-state index >= 15 is 0 Å². The van der Waals surface area contributed by atoms with Crippen molar-refractivity contribution in [2.45, 2.75) is 4.90 Å². The third-order valence-electron chi connectivity index (χ3n) is 4.59. The molecule has 1 N–H and O–H groups in total. The number of rotatable bonds is 8. The summed E-state index contributed by atoms with van der Waals surface area (Å²) in [6.07, 6.45) is 0. The van der Waals surface area contributed by atoms with Crippen molar-refractivity contribution in [3.63, 3.8) is 0 Å². The Hall–Kier alpha value is -2.49. The van der Waals surface area contributed by atoms with Crippen molar-refractivity contribution >= 4 is 21.6 Å². The van der Waals surface area contributed by atoms with Gasteiger partial charge in [0, 0.05) is 26.2 Å². The van der Waals surface area contributed by atoms with E-state index in [1.165, 1.54) is 36.4 Å². The molecular weight excluding hydrogens is 397 g/mol. The van der Waals surface area contributed by atoms with Crippen LogP contribution >= 0.6 is 0 Å². The first kappa shape index (κ1) is 21.2. The number of halogens is 1. The summed E-state index contributed by atoms with van der Waals surface area (Å²) in [5, 5.41) is 2.76. The lowest BCUT2D eigenvalue weighted by molar-refractivity contribution is -0.119. The van der Waals surface area contributed by atoms with Gasteiger partial charge in [-0.25, -0.2) is 12.8 Å². The summed E-state index contributed by atoms with van der Waals surface area (Å²) in [6.45, 7) is 3.62. The molecule has 0 aliphatic carbocycles. The van der Waals surface area contributed by atoms with Crippen molar-refractivity contribution in [3.05, 3.63) is 60.4 Å². The SMILES string of the molecule is O=C(CN(c1ccc(F)cc1)S(=O)(=O)c1ccccc1)NCCN1CCOCC1. The number of hydrogen-bond donors (Lipinski definition) is 1. The molecule has 2 aromatic carbocycles. The lowest BCUT2D eigenvalue weighted by Gasteiger charge is -2.27. The number of benzene rings is 2. The molecule has 1 heterocycles. The number of nitrogens with zero attached hydrogens (tertiary/aromatic N) is 2. The first-order valence-electron chi connectivity index (χ1n) is 9.37. The molecular formula is C20H24FN3O4S. The average Bonchev–Trinajstić information content (AvgIpc) is 2.74. The highest BCUT2D eigenvalue weighted by molar-refractivity contribution is 7.92. The molecule has 9 heteroatoms. The van der Waals surface area contributed by atoms with Gasteiger partial charge in [-0.3, -0.25) is 14.0 Å². The second-order valence-corrected chi connectivity index (χ2v) is 8.47. The Morgan fingerprint density at radius 2 is 1.72 bits per heavy atom. The number of amides is 1. The van der Waals surface area contributed by atoms with Crippen LogP contribution in [0.5, 0.6) is 0 Å². The molecule has 29 heavy (non-hydrogen) atoms. The fraction of sp³-hybridized carbons (Fsp3) is 0.350. The first-order chi connectivity index (χ1) is 14.0. The molecule has 0 aromatic heterocycles. The van der Waals surface area contributed by atoms with Gasteiger partial charge in [-0.05, 0) is 36.4 Å². The number of ether oxygens (including phenoxy) is 1. The lowest BCUT2D eigenvalue weighted by atomic mass is 10.3. The minimum absolute atomic E-state index is 0.0606. The Kier molecular flexibility index (Phi) is 7.18. The van der Waals surface area contributed by atoms with E-state index in [2.05, 4.69) is 10.2 Å². The maximum Gasteiger partial charge on any atom is 0.264 e. The van der Waals surface area contributed by atoms with Gasteiger partial charge < -0.3 is 10.1 Å². The summed E-state index contributed by atoms with van der Waals surface area (Å²) >= 11 is 0. The Bertz CT molecular complexity index is 901. The van der Waals surface area contributed by atoms with Crippen molar-refractivity contribution in [2.24, 2.45) is 0 Å². The van der Waals surface area contributed by atoms with Crippen LogP contribution in [0.3, 0.4) is 0 Å². The van der Waals surface area contributed by atoms with Crippen LogP contribution in [0.25, 0.3) is 0 Å². The smallest absolute Gasteiger partial charge is 0.264 e. The second-order valence-electron chi connectivity index (χ2n) is 6.61. The van der Waals surface area contributed by atoms with Crippen molar-refractivity contribution in [3.8, 4) is 0 Å². The molecule has 1 aliphatic heterocycles. The Balaban J connectivity index is 1.71. The normalized spacial score (nSPS) is 15.1. The average molecular weight is 421 g/mol. The zero-order valence-electron chi connectivity index (χ0n) is 16.0. The summed E-state index contributed by atoms with van der Waals surface area (Å²) in [6, 6.07) is 12.9. The van der Waals surface area contributed by atoms with E-state index in [0.29, 0.717) is 26.3 Å². The largest absolute Gasteiger partial charge is 0.379 e. The van der Waals surface area contributed by atoms with E-state index in [9.17, 15) is 17.6 Å². The highest BCUT2D eigenvalue weighted by Crippen LogP contribution is 2.23. The molecule has 7 nitrogen and oxygen atoms in total. The minimum Gasteiger partial charge on any atom is -0.379 e. The monoisotopic (exact) mass is 421 g/mol. The van der Waals surface area contributed by atoms with Gasteiger partial charge in [0.15, 0.2) is 0 Å². The van der Waals surface area contributed by atoms with Gasteiger partial charge in [0.05, 0.1) is 23.8 Å². The molecule has 2 aromatic rings. The quantitative estimate of drug-likeness (QED) is 0.698. The van der Waals surface area contributed by atoms with Gasteiger partial charge in [-0.1, -0.05) is 18.2 Å². The standard InChI is InChI=1S/C20H24FN3O4S/c21-17-6-8-18(9-7-17)24(29(26,27)19-4-2-1-3-5-19)16-20(25)22-10-11-23-12-14-28-15-13-23/h1-9H,10-16H2,(H,22,25). The fourth-order valence-electron chi connectivity index (χ4n) is 3.01. The number of hydrogen-bond acceptors (Lipinski definition) is 5. The summed E-state index contributed by atoms with van der Waals surface area (Å²) < 4.78 is 45.8. The summed E-state index contributed by atoms with van der Waals surface area (Å²) in [5.41, 5.74) is 0.221. The number of carbonyl (C=O) groups excluding carboxylic acids is 1. The molecule has 1 aliphatic rings. The molecule has 1 fully saturated rings. The summed E-state index contributed by atoms with van der Waals surface area (Å²) in [7, 11) is -3.98. The topological polar surface area (TPSA) is 79.0 Å². The number of carbonyl (C=O) groups is 1. The van der Waals surface area contributed by atoms with E-state index < -0.39 is 28.3 Å². The zero-order valence-corrected chi connectivity index (χ0v) is 16.8. The molecule has 0 radical (unpaired) electrons. The van der Waals surface area contributed by atoms with E-state index in [4.69, 9.17) is 4.74 Å². The van der Waals surface area contributed by atoms with Crippen molar-refractivity contribution in [1.29, 1.82) is 0 Å². The predicted molar refractivity (Wildman–Crippen MR) is 108 cm³/mol. The fourth-order valence-corrected chi connectivity index (χ4v) is 4.45. The molecule has 0 saturated carbocycles. The molecule has 0 bridgehead atoms. The third kappa shape index (κ3) is 5.75. The van der Waals surface area contributed by atoms with Crippen LogP contribution in [0.15, 0.2) is 59.5 Å². The number of sulfonamides is 1. The lowest BCUT2D eigenvalue weighted by Crippen LogP contribution is -2.44. The summed E-state index contributed by atoms with van der Waals surface area (Å²) in [4.78, 5) is 14.7. The van der Waals surface area contributed by atoms with Gasteiger partial charge in [-0.15, -0.1) is 0 Å². The zero-order chi connectivity index (χ0) is 20.7. The Labute approximate surface area is 170 Å². The highest BCUT2D eigenvalue weighted by Gasteiger charge is 2.27. The van der Waals surface area contributed by atoms with Gasteiger partial charge >= 0.3 is 0 Å². The van der Waals surface area contributed by atoms with Crippen molar-refractivity contribution in [2.75, 3.05) is 50.2 Å². The van der Waals surface area contributed by atoms with E-state index in [0.717, 1.165) is 17.4 Å². The third-order valence-corrected chi connectivity index (χ3v) is 6.38. The maximum absolute atomic E-state index is 13.3. The van der Waals surface area contributed by atoms with Crippen LogP contribution in [0, 0.1) is 5.82 Å². The summed E-state index contributed by atoms with van der Waals surface area (Å²) in [5.74, 6) is -0.914. The molecule has 1 saturated heterocycles. The molecule has 0 spiro atoms. The number of morpholine rings is 1. The van der Waals surface area contributed by atoms with Crippen LogP contribution in [-0.4, -0.2) is 65.2 Å². The van der Waals surface area contributed by atoms with Gasteiger partial charge in [0.25, 0.3) is 10.0 Å². The first-order valence-corrected chi connectivity index (χ1v) is 10.8. The minimum atomic E-state index is -3.98. The number of anilines is 1. The van der Waals surface area contributed by atoms with Gasteiger partial charge in [-0.2, -0.15) is 0 Å². The predicted octanol–water partition coefficient (Wildman–Crippen LogP) is 1.47. The van der Waals surface area contributed by atoms with Crippen LogP contribution in [0.2, 0.25) is 0 Å². The Morgan fingerprint density at radius 3 is 2.38 bits per heavy atom. The van der Waals surface area contributed by atoms with Gasteiger partial charge in [0.2, 0.25) is 5.91 Å². The molecule has 156 valence electrons. The second kappa shape index (κ2) is 9.82. The molecule has 0 unspecified atom stereocenters. The number of nitrogens with one attached hydrogen (secondary N) is 1. The van der Waals surface area contributed by atoms with Crippen LogP contribution in [0.1, 0.15) is 0 Å². The molecule has 1 amide bonds. The Morgan fingerprint density at radius 1 is 1.07 bits per heavy atom.